The fourth-order valence-electron chi connectivity index (χ4n) is 3.56. The fourth-order valence-corrected chi connectivity index (χ4v) is 3.56. The molecule has 132 valence electrons. The summed E-state index contributed by atoms with van der Waals surface area (Å²) in [7, 11) is 0. The van der Waals surface area contributed by atoms with Crippen LogP contribution in [-0.4, -0.2) is 34.4 Å². The zero-order valence-electron chi connectivity index (χ0n) is 15.1. The SMILES string of the molecule is Cc1cnccc1CC(=O)N[C@H]1CCN(Cc2ccccc2)[C@@H](C)C1. The van der Waals surface area contributed by atoms with Crippen molar-refractivity contribution in [1.29, 1.82) is 0 Å². The maximum Gasteiger partial charge on any atom is 0.224 e. The predicted molar refractivity (Wildman–Crippen MR) is 100 cm³/mol. The number of nitrogens with one attached hydrogen (secondary N) is 1. The number of carbonyl (C=O) groups excluding carboxylic acids is 1. The van der Waals surface area contributed by atoms with Gasteiger partial charge in [-0.2, -0.15) is 0 Å². The Bertz CT molecular complexity index is 701. The Balaban J connectivity index is 1.49. The van der Waals surface area contributed by atoms with Gasteiger partial charge in [0.05, 0.1) is 6.42 Å². The van der Waals surface area contributed by atoms with Crippen LogP contribution in [0.1, 0.15) is 36.5 Å². The number of hydrogen-bond acceptors (Lipinski definition) is 3. The van der Waals surface area contributed by atoms with Crippen molar-refractivity contribution >= 4 is 5.91 Å². The van der Waals surface area contributed by atoms with Crippen LogP contribution in [0.4, 0.5) is 0 Å². The highest BCUT2D eigenvalue weighted by molar-refractivity contribution is 5.79. The van der Waals surface area contributed by atoms with Crippen molar-refractivity contribution in [1.82, 2.24) is 15.2 Å². The molecule has 1 aromatic carbocycles. The third-order valence-corrected chi connectivity index (χ3v) is 5.09. The van der Waals surface area contributed by atoms with Crippen LogP contribution in [0.15, 0.2) is 48.8 Å². The molecule has 1 N–H and O–H groups in total. The van der Waals surface area contributed by atoms with Gasteiger partial charge in [0.25, 0.3) is 0 Å². The quantitative estimate of drug-likeness (QED) is 0.912. The topological polar surface area (TPSA) is 45.2 Å². The summed E-state index contributed by atoms with van der Waals surface area (Å²) in [4.78, 5) is 19.0. The second-order valence-electron chi connectivity index (χ2n) is 7.07. The number of nitrogens with zero attached hydrogens (tertiary/aromatic N) is 2. The largest absolute Gasteiger partial charge is 0.353 e. The fraction of sp³-hybridized carbons (Fsp3) is 0.429. The summed E-state index contributed by atoms with van der Waals surface area (Å²) in [6, 6.07) is 13.3. The number of rotatable bonds is 5. The number of piperidine rings is 1. The molecule has 1 aliphatic heterocycles. The van der Waals surface area contributed by atoms with Crippen molar-refractivity contribution in [3.8, 4) is 0 Å². The molecule has 1 amide bonds. The van der Waals surface area contributed by atoms with Crippen LogP contribution in [-0.2, 0) is 17.8 Å². The summed E-state index contributed by atoms with van der Waals surface area (Å²) in [6.45, 7) is 6.27. The number of amides is 1. The lowest BCUT2D eigenvalue weighted by Crippen LogP contribution is -2.48. The van der Waals surface area contributed by atoms with E-state index in [0.717, 1.165) is 37.1 Å². The molecule has 2 heterocycles. The highest BCUT2D eigenvalue weighted by atomic mass is 16.1. The average Bonchev–Trinajstić information content (AvgIpc) is 2.60. The molecule has 1 saturated heterocycles. The number of pyridine rings is 1. The molecule has 2 atom stereocenters. The number of hydrogen-bond donors (Lipinski definition) is 1. The first-order valence-electron chi connectivity index (χ1n) is 9.08. The van der Waals surface area contributed by atoms with Crippen LogP contribution in [0.25, 0.3) is 0 Å². The first-order valence-corrected chi connectivity index (χ1v) is 9.08. The Labute approximate surface area is 150 Å². The van der Waals surface area contributed by atoms with E-state index in [2.05, 4.69) is 52.5 Å². The van der Waals surface area contributed by atoms with E-state index in [1.165, 1.54) is 5.56 Å². The first-order chi connectivity index (χ1) is 12.1. The van der Waals surface area contributed by atoms with Gasteiger partial charge in [0.1, 0.15) is 0 Å². The second kappa shape index (κ2) is 8.26. The van der Waals surface area contributed by atoms with E-state index in [0.29, 0.717) is 12.5 Å². The number of carbonyl (C=O) groups is 1. The van der Waals surface area contributed by atoms with Crippen molar-refractivity contribution in [3.05, 3.63) is 65.5 Å². The third-order valence-electron chi connectivity index (χ3n) is 5.09. The van der Waals surface area contributed by atoms with E-state index < -0.39 is 0 Å². The van der Waals surface area contributed by atoms with Crippen molar-refractivity contribution in [3.63, 3.8) is 0 Å². The van der Waals surface area contributed by atoms with E-state index in [-0.39, 0.29) is 11.9 Å². The molecule has 3 rings (SSSR count). The summed E-state index contributed by atoms with van der Waals surface area (Å²) < 4.78 is 0. The van der Waals surface area contributed by atoms with Crippen molar-refractivity contribution < 1.29 is 4.79 Å². The molecule has 1 aliphatic rings. The Morgan fingerprint density at radius 3 is 2.80 bits per heavy atom. The molecule has 4 nitrogen and oxygen atoms in total. The van der Waals surface area contributed by atoms with Gasteiger partial charge in [0.15, 0.2) is 0 Å². The van der Waals surface area contributed by atoms with E-state index in [4.69, 9.17) is 0 Å². The molecule has 0 spiro atoms. The molecule has 0 saturated carbocycles. The van der Waals surface area contributed by atoms with E-state index in [1.807, 2.05) is 19.2 Å². The van der Waals surface area contributed by atoms with Gasteiger partial charge < -0.3 is 5.32 Å². The van der Waals surface area contributed by atoms with Crippen LogP contribution >= 0.6 is 0 Å². The maximum atomic E-state index is 12.4. The minimum Gasteiger partial charge on any atom is -0.353 e. The standard InChI is InChI=1S/C21H27N3O/c1-16-14-22-10-8-19(16)13-21(25)23-20-9-11-24(17(2)12-20)15-18-6-4-3-5-7-18/h3-8,10,14,17,20H,9,11-13,15H2,1-2H3,(H,23,25)/t17-,20-/m0/s1. The molecular weight excluding hydrogens is 310 g/mol. The molecule has 1 aromatic heterocycles. The normalized spacial score (nSPS) is 21.0. The number of likely N-dealkylation sites (tertiary alicyclic amines) is 1. The predicted octanol–water partition coefficient (Wildman–Crippen LogP) is 3.10. The van der Waals surface area contributed by atoms with Gasteiger partial charge in [0.2, 0.25) is 5.91 Å². The van der Waals surface area contributed by atoms with Gasteiger partial charge in [-0.25, -0.2) is 0 Å². The summed E-state index contributed by atoms with van der Waals surface area (Å²) in [5.41, 5.74) is 3.48. The molecule has 0 aliphatic carbocycles. The number of aromatic nitrogens is 1. The smallest absolute Gasteiger partial charge is 0.224 e. The molecule has 2 aromatic rings. The molecule has 4 heteroatoms. The lowest BCUT2D eigenvalue weighted by molar-refractivity contribution is -0.121. The maximum absolute atomic E-state index is 12.4. The van der Waals surface area contributed by atoms with Crippen LogP contribution in [0.5, 0.6) is 0 Å². The van der Waals surface area contributed by atoms with Gasteiger partial charge in [-0.3, -0.25) is 14.7 Å². The van der Waals surface area contributed by atoms with Crippen LogP contribution < -0.4 is 5.32 Å². The first kappa shape index (κ1) is 17.6. The molecule has 0 radical (unpaired) electrons. The van der Waals surface area contributed by atoms with Crippen LogP contribution in [0.2, 0.25) is 0 Å². The summed E-state index contributed by atoms with van der Waals surface area (Å²) >= 11 is 0. The van der Waals surface area contributed by atoms with Crippen molar-refractivity contribution in [2.24, 2.45) is 0 Å². The highest BCUT2D eigenvalue weighted by Gasteiger charge is 2.26. The zero-order chi connectivity index (χ0) is 17.6. The van der Waals surface area contributed by atoms with Crippen LogP contribution in [0, 0.1) is 6.92 Å². The van der Waals surface area contributed by atoms with Crippen molar-refractivity contribution in [2.45, 2.75) is 51.7 Å². The van der Waals surface area contributed by atoms with Crippen LogP contribution in [0.3, 0.4) is 0 Å². The molecule has 25 heavy (non-hydrogen) atoms. The van der Waals surface area contributed by atoms with E-state index >= 15 is 0 Å². The minimum absolute atomic E-state index is 0.114. The van der Waals surface area contributed by atoms with Gasteiger partial charge in [-0.05, 0) is 49.4 Å². The van der Waals surface area contributed by atoms with E-state index in [9.17, 15) is 4.79 Å². The van der Waals surface area contributed by atoms with Gasteiger partial charge in [-0.1, -0.05) is 30.3 Å². The second-order valence-corrected chi connectivity index (χ2v) is 7.07. The molecular formula is C21H27N3O. The Morgan fingerprint density at radius 2 is 2.08 bits per heavy atom. The highest BCUT2D eigenvalue weighted by Crippen LogP contribution is 2.20. The Morgan fingerprint density at radius 1 is 1.28 bits per heavy atom. The molecule has 0 bridgehead atoms. The summed E-state index contributed by atoms with van der Waals surface area (Å²) in [5, 5.41) is 3.22. The minimum atomic E-state index is 0.114. The molecule has 1 fully saturated rings. The van der Waals surface area contributed by atoms with E-state index in [1.54, 1.807) is 6.20 Å². The Kier molecular flexibility index (Phi) is 5.82. The monoisotopic (exact) mass is 337 g/mol. The molecule has 0 unspecified atom stereocenters. The lowest BCUT2D eigenvalue weighted by atomic mass is 9.97. The van der Waals surface area contributed by atoms with Gasteiger partial charge in [0, 0.05) is 37.6 Å². The average molecular weight is 337 g/mol. The number of benzene rings is 1. The third kappa shape index (κ3) is 4.89. The zero-order valence-corrected chi connectivity index (χ0v) is 15.1. The van der Waals surface area contributed by atoms with Gasteiger partial charge in [-0.15, -0.1) is 0 Å². The summed E-state index contributed by atoms with van der Waals surface area (Å²) in [5.74, 6) is 0.114. The van der Waals surface area contributed by atoms with Gasteiger partial charge >= 0.3 is 0 Å². The Hall–Kier alpha value is -2.20. The van der Waals surface area contributed by atoms with Crippen molar-refractivity contribution in [2.75, 3.05) is 6.54 Å². The lowest BCUT2D eigenvalue weighted by Gasteiger charge is -2.38. The summed E-state index contributed by atoms with van der Waals surface area (Å²) in [6.07, 6.45) is 6.02. The number of aryl methyl sites for hydroxylation is 1.